The molecule has 0 saturated heterocycles. The molecule has 1 heterocycles. The SMILES string of the molecule is COC(=O)NCCSc1nonc1C(=Nc1ccc(F)c(C)c1)NO. The molecule has 25 heavy (non-hydrogen) atoms. The van der Waals surface area contributed by atoms with Crippen molar-refractivity contribution in [3.05, 3.63) is 35.3 Å². The zero-order valence-electron chi connectivity index (χ0n) is 13.4. The van der Waals surface area contributed by atoms with Crippen LogP contribution in [-0.2, 0) is 4.74 Å². The van der Waals surface area contributed by atoms with Crippen LogP contribution < -0.4 is 10.8 Å². The number of nitrogens with one attached hydrogen (secondary N) is 2. The van der Waals surface area contributed by atoms with E-state index < -0.39 is 6.09 Å². The summed E-state index contributed by atoms with van der Waals surface area (Å²) in [6.07, 6.45) is -0.537. The van der Waals surface area contributed by atoms with E-state index in [1.165, 1.54) is 37.1 Å². The number of amides is 1. The number of amidine groups is 1. The van der Waals surface area contributed by atoms with Gasteiger partial charge in [-0.2, -0.15) is 0 Å². The second-order valence-electron chi connectivity index (χ2n) is 4.69. The largest absolute Gasteiger partial charge is 0.453 e. The van der Waals surface area contributed by atoms with Gasteiger partial charge in [-0.05, 0) is 41.0 Å². The molecule has 0 fully saturated rings. The minimum atomic E-state index is -0.537. The van der Waals surface area contributed by atoms with Gasteiger partial charge in [-0.15, -0.1) is 0 Å². The molecule has 0 atom stereocenters. The molecule has 134 valence electrons. The second kappa shape index (κ2) is 8.99. The van der Waals surface area contributed by atoms with Crippen molar-refractivity contribution < 1.29 is 23.8 Å². The number of halogens is 1. The van der Waals surface area contributed by atoms with Crippen LogP contribution in [-0.4, -0.2) is 46.9 Å². The Morgan fingerprint density at radius 1 is 1.48 bits per heavy atom. The summed E-state index contributed by atoms with van der Waals surface area (Å²) in [4.78, 5) is 15.1. The molecule has 11 heteroatoms. The van der Waals surface area contributed by atoms with Crippen LogP contribution in [0, 0.1) is 12.7 Å². The molecule has 0 unspecified atom stereocenters. The summed E-state index contributed by atoms with van der Waals surface area (Å²) >= 11 is 1.24. The van der Waals surface area contributed by atoms with Gasteiger partial charge in [-0.3, -0.25) is 10.7 Å². The van der Waals surface area contributed by atoms with Gasteiger partial charge in [0, 0.05) is 12.3 Å². The molecule has 0 radical (unpaired) electrons. The number of hydrogen-bond acceptors (Lipinski definition) is 8. The number of hydroxylamine groups is 1. The van der Waals surface area contributed by atoms with E-state index >= 15 is 0 Å². The van der Waals surface area contributed by atoms with Crippen LogP contribution in [0.2, 0.25) is 0 Å². The highest BCUT2D eigenvalue weighted by Crippen LogP contribution is 2.22. The first-order valence-corrected chi connectivity index (χ1v) is 8.06. The quantitative estimate of drug-likeness (QED) is 0.232. The highest BCUT2D eigenvalue weighted by Gasteiger charge is 2.17. The van der Waals surface area contributed by atoms with Crippen molar-refractivity contribution >= 4 is 29.4 Å². The average molecular weight is 369 g/mol. The van der Waals surface area contributed by atoms with Crippen molar-refractivity contribution in [3.8, 4) is 0 Å². The summed E-state index contributed by atoms with van der Waals surface area (Å²) in [6, 6.07) is 4.26. The third-order valence-corrected chi connectivity index (χ3v) is 3.92. The molecule has 0 aliphatic carbocycles. The summed E-state index contributed by atoms with van der Waals surface area (Å²) in [5.41, 5.74) is 2.96. The molecule has 9 nitrogen and oxygen atoms in total. The number of aromatic nitrogens is 2. The van der Waals surface area contributed by atoms with Crippen LogP contribution in [0.5, 0.6) is 0 Å². The Bertz CT molecular complexity index is 767. The smallest absolute Gasteiger partial charge is 0.406 e. The Labute approximate surface area is 146 Å². The van der Waals surface area contributed by atoms with Crippen molar-refractivity contribution in [3.63, 3.8) is 0 Å². The number of nitrogens with zero attached hydrogens (tertiary/aromatic N) is 3. The lowest BCUT2D eigenvalue weighted by Crippen LogP contribution is -2.25. The second-order valence-corrected chi connectivity index (χ2v) is 5.77. The van der Waals surface area contributed by atoms with Gasteiger partial charge in [0.05, 0.1) is 12.8 Å². The number of carbonyl (C=O) groups excluding carboxylic acids is 1. The first-order chi connectivity index (χ1) is 12.0. The standard InChI is InChI=1S/C14H16FN5O4S/c1-8-7-9(3-4-10(8)15)17-12(18-22)11-13(20-24-19-11)25-6-5-16-14(21)23-2/h3-4,7,22H,5-6H2,1-2H3,(H,16,21)(H,17,18). The lowest BCUT2D eigenvalue weighted by Gasteiger charge is -2.05. The van der Waals surface area contributed by atoms with E-state index in [9.17, 15) is 14.4 Å². The molecule has 0 saturated carbocycles. The molecule has 2 aromatic rings. The fraction of sp³-hybridized carbons (Fsp3) is 0.286. The first-order valence-electron chi connectivity index (χ1n) is 7.07. The zero-order chi connectivity index (χ0) is 18.2. The van der Waals surface area contributed by atoms with Crippen LogP contribution in [0.3, 0.4) is 0 Å². The zero-order valence-corrected chi connectivity index (χ0v) is 14.3. The van der Waals surface area contributed by atoms with Gasteiger partial charge in [0.1, 0.15) is 5.82 Å². The third-order valence-electron chi connectivity index (χ3n) is 2.97. The summed E-state index contributed by atoms with van der Waals surface area (Å²) in [5, 5.41) is 19.7. The maximum Gasteiger partial charge on any atom is 0.406 e. The molecular formula is C14H16FN5O4S. The Morgan fingerprint density at radius 2 is 2.28 bits per heavy atom. The summed E-state index contributed by atoms with van der Waals surface area (Å²) in [6.45, 7) is 1.94. The van der Waals surface area contributed by atoms with Gasteiger partial charge < -0.3 is 10.1 Å². The normalized spacial score (nSPS) is 11.3. The van der Waals surface area contributed by atoms with E-state index in [0.29, 0.717) is 28.6 Å². The number of hydrogen-bond donors (Lipinski definition) is 3. The molecule has 1 aromatic carbocycles. The monoisotopic (exact) mass is 369 g/mol. The van der Waals surface area contributed by atoms with E-state index in [1.54, 1.807) is 6.92 Å². The van der Waals surface area contributed by atoms with Crippen molar-refractivity contribution in [1.82, 2.24) is 21.1 Å². The molecule has 0 bridgehead atoms. The van der Waals surface area contributed by atoms with Crippen LogP contribution >= 0.6 is 11.8 Å². The Morgan fingerprint density at radius 3 is 2.96 bits per heavy atom. The van der Waals surface area contributed by atoms with Gasteiger partial charge in [0.15, 0.2) is 16.6 Å². The molecule has 0 aliphatic heterocycles. The number of methoxy groups -OCH3 is 1. The number of alkyl carbamates (subject to hydrolysis) is 1. The van der Waals surface area contributed by atoms with Crippen LogP contribution in [0.1, 0.15) is 11.3 Å². The van der Waals surface area contributed by atoms with Gasteiger partial charge in [-0.25, -0.2) is 18.8 Å². The predicted octanol–water partition coefficient (Wildman–Crippen LogP) is 2.02. The van der Waals surface area contributed by atoms with Gasteiger partial charge in [0.25, 0.3) is 0 Å². The Balaban J connectivity index is 2.10. The molecule has 1 amide bonds. The first kappa shape index (κ1) is 18.7. The summed E-state index contributed by atoms with van der Waals surface area (Å²) < 4.78 is 22.5. The molecule has 0 spiro atoms. The van der Waals surface area contributed by atoms with Crippen LogP contribution in [0.4, 0.5) is 14.9 Å². The maximum atomic E-state index is 13.3. The fourth-order valence-corrected chi connectivity index (χ4v) is 2.51. The minimum Gasteiger partial charge on any atom is -0.453 e. The number of benzene rings is 1. The maximum absolute atomic E-state index is 13.3. The van der Waals surface area contributed by atoms with Crippen LogP contribution in [0.25, 0.3) is 0 Å². The molecular weight excluding hydrogens is 353 g/mol. The number of ether oxygens (including phenoxy) is 1. The lowest BCUT2D eigenvalue weighted by atomic mass is 10.2. The lowest BCUT2D eigenvalue weighted by molar-refractivity contribution is 0.172. The Hall–Kier alpha value is -2.66. The van der Waals surface area contributed by atoms with E-state index in [1.807, 2.05) is 5.48 Å². The highest BCUT2D eigenvalue weighted by atomic mass is 32.2. The van der Waals surface area contributed by atoms with E-state index in [-0.39, 0.29) is 17.3 Å². The number of thioether (sulfide) groups is 1. The van der Waals surface area contributed by atoms with E-state index in [2.05, 4.69) is 30.0 Å². The van der Waals surface area contributed by atoms with Crippen molar-refractivity contribution in [2.24, 2.45) is 4.99 Å². The van der Waals surface area contributed by atoms with Gasteiger partial charge in [0.2, 0.25) is 0 Å². The summed E-state index contributed by atoms with van der Waals surface area (Å²) in [5.74, 6) is 0.107. The highest BCUT2D eigenvalue weighted by molar-refractivity contribution is 7.99. The summed E-state index contributed by atoms with van der Waals surface area (Å²) in [7, 11) is 1.27. The molecule has 0 aliphatic rings. The van der Waals surface area contributed by atoms with E-state index in [0.717, 1.165) is 0 Å². The van der Waals surface area contributed by atoms with Gasteiger partial charge >= 0.3 is 6.09 Å². The average Bonchev–Trinajstić information content (AvgIpc) is 3.07. The number of rotatable bonds is 6. The van der Waals surface area contributed by atoms with Gasteiger partial charge in [-0.1, -0.05) is 11.8 Å². The number of aliphatic imine (C=N–C) groups is 1. The predicted molar refractivity (Wildman–Crippen MR) is 87.7 cm³/mol. The third kappa shape index (κ3) is 5.16. The van der Waals surface area contributed by atoms with Crippen LogP contribution in [0.15, 0.2) is 32.8 Å². The number of aryl methyl sites for hydroxylation is 1. The van der Waals surface area contributed by atoms with Crippen molar-refractivity contribution in [1.29, 1.82) is 0 Å². The number of carbonyl (C=O) groups is 1. The Kier molecular flexibility index (Phi) is 6.71. The molecule has 2 rings (SSSR count). The molecule has 3 N–H and O–H groups in total. The minimum absolute atomic E-state index is 0.00400. The van der Waals surface area contributed by atoms with E-state index in [4.69, 9.17) is 0 Å². The van der Waals surface area contributed by atoms with Crippen molar-refractivity contribution in [2.45, 2.75) is 11.9 Å². The molecule has 1 aromatic heterocycles. The fourth-order valence-electron chi connectivity index (χ4n) is 1.75. The van der Waals surface area contributed by atoms with Crippen molar-refractivity contribution in [2.75, 3.05) is 19.4 Å². The topological polar surface area (TPSA) is 122 Å².